The van der Waals surface area contributed by atoms with E-state index < -0.39 is 5.91 Å². The van der Waals surface area contributed by atoms with Crippen LogP contribution in [0.2, 0.25) is 0 Å². The maximum absolute atomic E-state index is 12.0. The second kappa shape index (κ2) is 7.98. The van der Waals surface area contributed by atoms with E-state index >= 15 is 0 Å². The molecule has 0 atom stereocenters. The Kier molecular flexibility index (Phi) is 5.29. The fourth-order valence-corrected chi connectivity index (χ4v) is 2.46. The van der Waals surface area contributed by atoms with Crippen molar-refractivity contribution in [1.82, 2.24) is 10.5 Å². The third-order valence-electron chi connectivity index (χ3n) is 3.69. The summed E-state index contributed by atoms with van der Waals surface area (Å²) < 4.78 is 0.561. The first-order valence-corrected chi connectivity index (χ1v) is 7.80. The number of hydrogen-bond donors (Lipinski definition) is 3. The molecular weight excluding hydrogens is 346 g/mol. The van der Waals surface area contributed by atoms with E-state index in [0.717, 1.165) is 11.1 Å². The van der Waals surface area contributed by atoms with Gasteiger partial charge >= 0.3 is 0 Å². The molecule has 3 aromatic rings. The van der Waals surface area contributed by atoms with Gasteiger partial charge in [-0.2, -0.15) is 4.73 Å². The lowest BCUT2D eigenvalue weighted by Gasteiger charge is -2.08. The Morgan fingerprint density at radius 2 is 2.00 bits per heavy atom. The average molecular weight is 359 g/mol. The zero-order valence-electron chi connectivity index (χ0n) is 13.9. The molecule has 3 N–H and O–H groups in total. The van der Waals surface area contributed by atoms with Crippen molar-refractivity contribution in [3.63, 3.8) is 0 Å². The van der Waals surface area contributed by atoms with Crippen molar-refractivity contribution < 1.29 is 19.8 Å². The Labute approximate surface area is 154 Å². The number of pyridine rings is 2. The lowest BCUT2D eigenvalue weighted by atomic mass is 10.0. The van der Waals surface area contributed by atoms with Crippen molar-refractivity contribution in [2.24, 2.45) is 0 Å². The number of benzene rings is 1. The highest BCUT2D eigenvalue weighted by Gasteiger charge is 2.15. The first-order valence-electron chi connectivity index (χ1n) is 7.80. The molecule has 132 valence electrons. The van der Waals surface area contributed by atoms with Gasteiger partial charge in [-0.1, -0.05) is 24.0 Å². The molecule has 0 spiro atoms. The summed E-state index contributed by atoms with van der Waals surface area (Å²) >= 11 is 0. The highest BCUT2D eigenvalue weighted by molar-refractivity contribution is 6.06. The Hall–Kier alpha value is -3.91. The van der Waals surface area contributed by atoms with Crippen molar-refractivity contribution in [3.8, 4) is 34.9 Å². The van der Waals surface area contributed by atoms with Crippen LogP contribution in [0.25, 0.3) is 22.2 Å². The molecule has 1 amide bonds. The molecule has 0 saturated heterocycles. The molecule has 1 aromatic carbocycles. The van der Waals surface area contributed by atoms with Gasteiger partial charge in [0.05, 0.1) is 22.2 Å². The van der Waals surface area contributed by atoms with Gasteiger partial charge in [-0.25, -0.2) is 10.5 Å². The van der Waals surface area contributed by atoms with E-state index in [2.05, 4.69) is 28.7 Å². The van der Waals surface area contributed by atoms with E-state index in [4.69, 9.17) is 10.3 Å². The number of nitrogens with one attached hydrogen (secondary N) is 1. The Bertz CT molecular complexity index is 1130. The quantitative estimate of drug-likeness (QED) is 0.208. The van der Waals surface area contributed by atoms with Gasteiger partial charge in [-0.15, -0.1) is 0 Å². The number of aliphatic hydroxyl groups is 1. The third-order valence-corrected chi connectivity index (χ3v) is 3.69. The first kappa shape index (κ1) is 17.9. The number of hydroxylamine groups is 1. The maximum Gasteiger partial charge on any atom is 0.275 e. The van der Waals surface area contributed by atoms with Gasteiger partial charge in [-0.05, 0) is 30.0 Å². The predicted molar refractivity (Wildman–Crippen MR) is 97.1 cm³/mol. The molecule has 2 aromatic heterocycles. The number of amides is 1. The van der Waals surface area contributed by atoms with Gasteiger partial charge in [0.25, 0.3) is 5.91 Å². The van der Waals surface area contributed by atoms with Crippen LogP contribution in [0, 0.1) is 28.9 Å². The second-order valence-electron chi connectivity index (χ2n) is 5.39. The topological polar surface area (TPSA) is 109 Å². The summed E-state index contributed by atoms with van der Waals surface area (Å²) in [5.74, 6) is 9.68. The lowest BCUT2D eigenvalue weighted by molar-refractivity contribution is -0.603. The highest BCUT2D eigenvalue weighted by Crippen LogP contribution is 2.24. The number of aromatic nitrogens is 2. The van der Waals surface area contributed by atoms with Gasteiger partial charge in [-0.3, -0.25) is 10.0 Å². The maximum atomic E-state index is 12.0. The summed E-state index contributed by atoms with van der Waals surface area (Å²) in [6.07, 6.45) is 2.51. The van der Waals surface area contributed by atoms with Crippen molar-refractivity contribution in [3.05, 3.63) is 65.1 Å². The smallest absolute Gasteiger partial charge is 0.275 e. The monoisotopic (exact) mass is 359 g/mol. The van der Waals surface area contributed by atoms with E-state index in [1.807, 2.05) is 0 Å². The molecule has 0 unspecified atom stereocenters. The minimum Gasteiger partial charge on any atom is -0.619 e. The minimum atomic E-state index is -0.736. The highest BCUT2D eigenvalue weighted by atomic mass is 16.5. The summed E-state index contributed by atoms with van der Waals surface area (Å²) in [5.41, 5.74) is 4.13. The van der Waals surface area contributed by atoms with Gasteiger partial charge in [0, 0.05) is 17.2 Å². The zero-order valence-corrected chi connectivity index (χ0v) is 13.9. The molecule has 0 aliphatic rings. The van der Waals surface area contributed by atoms with Crippen LogP contribution >= 0.6 is 0 Å². The molecular formula is C20H13N3O4. The number of nitrogens with zero attached hydrogens (tertiary/aromatic N) is 2. The molecule has 0 bridgehead atoms. The Balaban J connectivity index is 2.04. The van der Waals surface area contributed by atoms with E-state index in [1.165, 1.54) is 24.5 Å². The summed E-state index contributed by atoms with van der Waals surface area (Å²) in [6, 6.07) is 10.1. The average Bonchev–Trinajstić information content (AvgIpc) is 2.70. The molecule has 2 heterocycles. The largest absolute Gasteiger partial charge is 0.619 e. The lowest BCUT2D eigenvalue weighted by Crippen LogP contribution is -2.25. The molecule has 7 nitrogen and oxygen atoms in total. The molecule has 7 heteroatoms. The fourth-order valence-electron chi connectivity index (χ4n) is 2.46. The van der Waals surface area contributed by atoms with Crippen LogP contribution in [0.1, 0.15) is 15.9 Å². The summed E-state index contributed by atoms with van der Waals surface area (Å²) in [6.45, 7) is -0.239. The first-order chi connectivity index (χ1) is 13.1. The van der Waals surface area contributed by atoms with Crippen molar-refractivity contribution >= 4 is 16.8 Å². The third kappa shape index (κ3) is 4.02. The van der Waals surface area contributed by atoms with Crippen molar-refractivity contribution in [1.29, 1.82) is 0 Å². The van der Waals surface area contributed by atoms with Crippen LogP contribution in [0.5, 0.6) is 0 Å². The zero-order chi connectivity index (χ0) is 19.2. The van der Waals surface area contributed by atoms with E-state index in [-0.39, 0.29) is 12.2 Å². The van der Waals surface area contributed by atoms with Crippen molar-refractivity contribution in [2.75, 3.05) is 6.61 Å². The summed E-state index contributed by atoms with van der Waals surface area (Å²) in [5, 5.41) is 29.4. The minimum absolute atomic E-state index is 0.130. The number of carbonyl (C=O) groups is 1. The fraction of sp³-hybridized carbons (Fsp3) is 0.0500. The van der Waals surface area contributed by atoms with Crippen LogP contribution in [0.3, 0.4) is 0 Å². The SMILES string of the molecule is O=C(NO)c1cc(-c2ccc(C#CC#CCO)cc2)nc2cc[n+]([O-])cc12. The van der Waals surface area contributed by atoms with E-state index in [0.29, 0.717) is 21.3 Å². The van der Waals surface area contributed by atoms with Crippen LogP contribution in [-0.4, -0.2) is 27.8 Å². The van der Waals surface area contributed by atoms with Gasteiger partial charge in [0.15, 0.2) is 12.4 Å². The number of carbonyl (C=O) groups excluding carboxylic acids is 1. The van der Waals surface area contributed by atoms with Crippen LogP contribution < -0.4 is 10.2 Å². The number of fused-ring (bicyclic) bond motifs is 1. The Morgan fingerprint density at radius 3 is 2.70 bits per heavy atom. The molecule has 0 aliphatic heterocycles. The van der Waals surface area contributed by atoms with Crippen LogP contribution in [0.15, 0.2) is 48.8 Å². The van der Waals surface area contributed by atoms with E-state index in [9.17, 15) is 10.0 Å². The molecule has 0 fully saturated rings. The molecule has 0 saturated carbocycles. The standard InChI is InChI=1S/C20H13N3O4/c24-11-3-1-2-4-14-5-7-15(8-6-14)19-12-16(20(25)22-26)17-13-23(27)10-9-18(17)21-19/h5-10,12-13,24,26H,11H2,(H,22,25). The van der Waals surface area contributed by atoms with Crippen LogP contribution in [-0.2, 0) is 0 Å². The number of aliphatic hydroxyl groups excluding tert-OH is 1. The van der Waals surface area contributed by atoms with Crippen LogP contribution in [0.4, 0.5) is 0 Å². The molecule has 0 radical (unpaired) electrons. The second-order valence-corrected chi connectivity index (χ2v) is 5.39. The van der Waals surface area contributed by atoms with Crippen molar-refractivity contribution in [2.45, 2.75) is 0 Å². The predicted octanol–water partition coefficient (Wildman–Crippen LogP) is 1.00. The van der Waals surface area contributed by atoms with Gasteiger partial charge in [0.2, 0.25) is 0 Å². The van der Waals surface area contributed by atoms with Gasteiger partial charge < -0.3 is 10.3 Å². The van der Waals surface area contributed by atoms with E-state index in [1.54, 1.807) is 29.7 Å². The molecule has 3 rings (SSSR count). The normalized spacial score (nSPS) is 9.70. The van der Waals surface area contributed by atoms with Gasteiger partial charge in [0.1, 0.15) is 6.61 Å². The molecule has 27 heavy (non-hydrogen) atoms. The Morgan fingerprint density at radius 1 is 1.22 bits per heavy atom. The number of hydrogen-bond acceptors (Lipinski definition) is 5. The number of rotatable bonds is 2. The summed E-state index contributed by atoms with van der Waals surface area (Å²) in [7, 11) is 0. The summed E-state index contributed by atoms with van der Waals surface area (Å²) in [4.78, 5) is 16.5. The molecule has 0 aliphatic carbocycles.